The second kappa shape index (κ2) is 9.84. The highest BCUT2D eigenvalue weighted by Crippen LogP contribution is 2.28. The van der Waals surface area contributed by atoms with Crippen molar-refractivity contribution in [2.24, 2.45) is 0 Å². The van der Waals surface area contributed by atoms with Crippen LogP contribution in [0.1, 0.15) is 23.2 Å². The Labute approximate surface area is 193 Å². The molecule has 0 saturated carbocycles. The number of pyridine rings is 1. The molecule has 1 aromatic carbocycles. The fraction of sp³-hybridized carbons (Fsp3) is 0.409. The summed E-state index contributed by atoms with van der Waals surface area (Å²) in [7, 11) is 1.60. The van der Waals surface area contributed by atoms with E-state index in [-0.39, 0.29) is 25.4 Å². The molecule has 34 heavy (non-hydrogen) atoms. The Hall–Kier alpha value is -3.41. The van der Waals surface area contributed by atoms with Gasteiger partial charge < -0.3 is 4.90 Å². The van der Waals surface area contributed by atoms with Crippen molar-refractivity contribution in [2.45, 2.75) is 37.8 Å². The molecule has 2 atom stereocenters. The average molecular weight is 477 g/mol. The van der Waals surface area contributed by atoms with Crippen molar-refractivity contribution in [1.29, 1.82) is 0 Å². The number of benzene rings is 1. The highest BCUT2D eigenvalue weighted by Gasteiger charge is 2.34. The molecule has 1 aliphatic heterocycles. The van der Waals surface area contributed by atoms with Crippen LogP contribution < -0.4 is 0 Å². The molecule has 1 amide bonds. The van der Waals surface area contributed by atoms with Gasteiger partial charge in [0.05, 0.1) is 29.4 Å². The standard InChI is InChI=1S/C22H23F4N7O/c1-31(21(34)10-15-2-6-18(7-3-15)33-14-28-29-30-33)20-8-9-32(13-19(20)23)12-17-5-4-16(11-27-17)22(24,25)26/h2-7,11,14,19-20H,8-10,12-13H2,1H3/t19-,20+/m0/s1. The Bertz CT molecular complexity index is 1090. The van der Waals surface area contributed by atoms with Gasteiger partial charge in [0.2, 0.25) is 5.91 Å². The van der Waals surface area contributed by atoms with Crippen LogP contribution in [0.3, 0.4) is 0 Å². The van der Waals surface area contributed by atoms with Crippen LogP contribution in [-0.4, -0.2) is 73.2 Å². The summed E-state index contributed by atoms with van der Waals surface area (Å²) in [6.45, 7) is 0.828. The van der Waals surface area contributed by atoms with Crippen molar-refractivity contribution < 1.29 is 22.4 Å². The van der Waals surface area contributed by atoms with E-state index in [1.54, 1.807) is 36.2 Å². The quantitative estimate of drug-likeness (QED) is 0.508. The van der Waals surface area contributed by atoms with E-state index < -0.39 is 24.0 Å². The Balaban J connectivity index is 1.30. The lowest BCUT2D eigenvalue weighted by molar-refractivity contribution is -0.138. The maximum Gasteiger partial charge on any atom is 0.417 e. The summed E-state index contributed by atoms with van der Waals surface area (Å²) in [6.07, 6.45) is -2.91. The zero-order chi connectivity index (χ0) is 24.3. The maximum atomic E-state index is 15.0. The Kier molecular flexibility index (Phi) is 6.87. The second-order valence-electron chi connectivity index (χ2n) is 8.25. The Morgan fingerprint density at radius 3 is 2.53 bits per heavy atom. The number of alkyl halides is 4. The summed E-state index contributed by atoms with van der Waals surface area (Å²) < 4.78 is 54.5. The van der Waals surface area contributed by atoms with E-state index in [0.717, 1.165) is 23.5 Å². The number of rotatable bonds is 6. The molecular formula is C22H23F4N7O. The van der Waals surface area contributed by atoms with E-state index in [1.807, 2.05) is 0 Å². The smallest absolute Gasteiger partial charge is 0.339 e. The maximum absolute atomic E-state index is 15.0. The van der Waals surface area contributed by atoms with Crippen LogP contribution in [0.25, 0.3) is 5.69 Å². The number of piperidine rings is 1. The first-order valence-corrected chi connectivity index (χ1v) is 10.7. The molecule has 8 nitrogen and oxygen atoms in total. The molecule has 3 aromatic rings. The van der Waals surface area contributed by atoms with E-state index >= 15 is 0 Å². The van der Waals surface area contributed by atoms with Crippen molar-refractivity contribution >= 4 is 5.91 Å². The van der Waals surface area contributed by atoms with Crippen molar-refractivity contribution in [3.8, 4) is 5.69 Å². The highest BCUT2D eigenvalue weighted by atomic mass is 19.4. The molecule has 0 bridgehead atoms. The van der Waals surface area contributed by atoms with Crippen LogP contribution in [0.2, 0.25) is 0 Å². The van der Waals surface area contributed by atoms with Crippen LogP contribution in [-0.2, 0) is 23.9 Å². The fourth-order valence-electron chi connectivity index (χ4n) is 3.98. The van der Waals surface area contributed by atoms with E-state index in [1.165, 1.54) is 22.0 Å². The predicted molar refractivity (Wildman–Crippen MR) is 113 cm³/mol. The SMILES string of the molecule is CN(C(=O)Cc1ccc(-n2cnnn2)cc1)[C@@H]1CCN(Cc2ccc(C(F)(F)F)cn2)C[C@@H]1F. The number of halogens is 4. The molecule has 1 fully saturated rings. The molecule has 180 valence electrons. The summed E-state index contributed by atoms with van der Waals surface area (Å²) in [4.78, 5) is 19.9. The van der Waals surface area contributed by atoms with Gasteiger partial charge in [-0.1, -0.05) is 12.1 Å². The third-order valence-corrected chi connectivity index (χ3v) is 5.92. The summed E-state index contributed by atoms with van der Waals surface area (Å²) in [5.41, 5.74) is 1.17. The van der Waals surface area contributed by atoms with Crippen molar-refractivity contribution in [1.82, 2.24) is 35.0 Å². The molecule has 1 saturated heterocycles. The minimum Gasteiger partial charge on any atom is -0.339 e. The molecule has 0 spiro atoms. The van der Waals surface area contributed by atoms with Crippen LogP contribution in [0, 0.1) is 0 Å². The Morgan fingerprint density at radius 2 is 1.94 bits per heavy atom. The molecule has 0 N–H and O–H groups in total. The Morgan fingerprint density at radius 1 is 1.18 bits per heavy atom. The zero-order valence-corrected chi connectivity index (χ0v) is 18.4. The van der Waals surface area contributed by atoms with Gasteiger partial charge in [-0.25, -0.2) is 9.07 Å². The van der Waals surface area contributed by atoms with E-state index in [9.17, 15) is 22.4 Å². The van der Waals surface area contributed by atoms with Gasteiger partial charge in [0, 0.05) is 32.9 Å². The van der Waals surface area contributed by atoms with E-state index in [2.05, 4.69) is 20.5 Å². The van der Waals surface area contributed by atoms with Gasteiger partial charge in [-0.3, -0.25) is 14.7 Å². The zero-order valence-electron chi connectivity index (χ0n) is 18.4. The fourth-order valence-corrected chi connectivity index (χ4v) is 3.98. The van der Waals surface area contributed by atoms with Crippen molar-refractivity contribution in [3.63, 3.8) is 0 Å². The monoisotopic (exact) mass is 477 g/mol. The van der Waals surface area contributed by atoms with Gasteiger partial charge in [-0.05, 0) is 46.7 Å². The van der Waals surface area contributed by atoms with Gasteiger partial charge >= 0.3 is 6.18 Å². The summed E-state index contributed by atoms with van der Waals surface area (Å²) in [5, 5.41) is 11.0. The van der Waals surface area contributed by atoms with Crippen LogP contribution in [0.4, 0.5) is 17.6 Å². The van der Waals surface area contributed by atoms with Crippen molar-refractivity contribution in [3.05, 3.63) is 65.7 Å². The van der Waals surface area contributed by atoms with E-state index in [0.29, 0.717) is 18.7 Å². The largest absolute Gasteiger partial charge is 0.417 e. The summed E-state index contributed by atoms with van der Waals surface area (Å²) in [5.74, 6) is -0.194. The predicted octanol–water partition coefficient (Wildman–Crippen LogP) is 2.69. The molecule has 0 radical (unpaired) electrons. The second-order valence-corrected chi connectivity index (χ2v) is 8.25. The molecule has 12 heteroatoms. The first-order chi connectivity index (χ1) is 16.2. The molecule has 4 rings (SSSR count). The highest BCUT2D eigenvalue weighted by molar-refractivity contribution is 5.79. The number of nitrogens with zero attached hydrogens (tertiary/aromatic N) is 7. The minimum atomic E-state index is -4.44. The lowest BCUT2D eigenvalue weighted by Gasteiger charge is -2.39. The molecule has 0 aliphatic carbocycles. The van der Waals surface area contributed by atoms with Gasteiger partial charge in [-0.15, -0.1) is 5.10 Å². The lowest BCUT2D eigenvalue weighted by atomic mass is 10.00. The number of likely N-dealkylation sites (tertiary alicyclic amines) is 1. The molecule has 0 unspecified atom stereocenters. The lowest BCUT2D eigenvalue weighted by Crippen LogP contribution is -2.53. The third kappa shape index (κ3) is 5.56. The first-order valence-electron chi connectivity index (χ1n) is 10.7. The number of hydrogen-bond acceptors (Lipinski definition) is 6. The molecule has 3 heterocycles. The van der Waals surface area contributed by atoms with Gasteiger partial charge in [0.25, 0.3) is 0 Å². The van der Waals surface area contributed by atoms with E-state index in [4.69, 9.17) is 0 Å². The average Bonchev–Trinajstić information content (AvgIpc) is 3.34. The minimum absolute atomic E-state index is 0.0750. The summed E-state index contributed by atoms with van der Waals surface area (Å²) >= 11 is 0. The van der Waals surface area contributed by atoms with Gasteiger partial charge in [-0.2, -0.15) is 13.2 Å². The first kappa shape index (κ1) is 23.7. The molecule has 2 aromatic heterocycles. The molecule has 1 aliphatic rings. The van der Waals surface area contributed by atoms with Crippen molar-refractivity contribution in [2.75, 3.05) is 20.1 Å². The topological polar surface area (TPSA) is 80.0 Å². The number of carbonyl (C=O) groups excluding carboxylic acids is 1. The normalized spacial score (nSPS) is 19.2. The number of hydrogen-bond donors (Lipinski definition) is 0. The van der Waals surface area contributed by atoms with Crippen LogP contribution in [0.5, 0.6) is 0 Å². The number of likely N-dealkylation sites (N-methyl/N-ethyl adjacent to an activating group) is 1. The number of carbonyl (C=O) groups is 1. The number of aromatic nitrogens is 5. The number of amides is 1. The number of tetrazole rings is 1. The summed E-state index contributed by atoms with van der Waals surface area (Å²) in [6, 6.07) is 8.91. The van der Waals surface area contributed by atoms with Crippen LogP contribution in [0.15, 0.2) is 48.9 Å². The third-order valence-electron chi connectivity index (χ3n) is 5.92. The molecular weight excluding hydrogens is 454 g/mol. The van der Waals surface area contributed by atoms with Crippen LogP contribution >= 0.6 is 0 Å². The van der Waals surface area contributed by atoms with Gasteiger partial charge in [0.1, 0.15) is 12.5 Å². The van der Waals surface area contributed by atoms with Gasteiger partial charge in [0.15, 0.2) is 0 Å².